The molecule has 1 aromatic heterocycles. The molecule has 104 valence electrons. The molecule has 1 saturated heterocycles. The predicted molar refractivity (Wildman–Crippen MR) is 74.7 cm³/mol. The van der Waals surface area contributed by atoms with E-state index in [0.717, 1.165) is 31.7 Å². The number of nitrogens with one attached hydrogen (secondary N) is 1. The first kappa shape index (κ1) is 14.1. The lowest BCUT2D eigenvalue weighted by molar-refractivity contribution is -0.136. The van der Waals surface area contributed by atoms with Gasteiger partial charge < -0.3 is 15.3 Å². The molecule has 2 heterocycles. The van der Waals surface area contributed by atoms with Crippen LogP contribution in [0.25, 0.3) is 0 Å². The van der Waals surface area contributed by atoms with Crippen molar-refractivity contribution in [2.45, 2.75) is 12.8 Å². The van der Waals surface area contributed by atoms with Crippen LogP contribution < -0.4 is 10.2 Å². The summed E-state index contributed by atoms with van der Waals surface area (Å²) < 4.78 is 0. The standard InChI is InChI=1S/C13H18ClN3O2/c14-11-4-1-5-16-13(11)17-6-2-3-10(9-17)7-15-8-12(18)19/h1,4-5,10,15H,2-3,6-9H2,(H,18,19). The van der Waals surface area contributed by atoms with Crippen LogP contribution in [0, 0.1) is 5.92 Å². The number of carbonyl (C=O) groups is 1. The predicted octanol–water partition coefficient (Wildman–Crippen LogP) is 1.63. The van der Waals surface area contributed by atoms with Crippen molar-refractivity contribution in [3.8, 4) is 0 Å². The molecule has 1 unspecified atom stereocenters. The third-order valence-corrected chi connectivity index (χ3v) is 3.56. The van der Waals surface area contributed by atoms with E-state index in [1.807, 2.05) is 12.1 Å². The molecular weight excluding hydrogens is 266 g/mol. The SMILES string of the molecule is O=C(O)CNCC1CCCN(c2ncccc2Cl)C1. The first-order chi connectivity index (χ1) is 9.16. The Labute approximate surface area is 117 Å². The summed E-state index contributed by atoms with van der Waals surface area (Å²) in [7, 11) is 0. The fourth-order valence-electron chi connectivity index (χ4n) is 2.42. The number of pyridine rings is 1. The molecule has 0 amide bonds. The minimum Gasteiger partial charge on any atom is -0.480 e. The summed E-state index contributed by atoms with van der Waals surface area (Å²) in [5.74, 6) is 0.443. The van der Waals surface area contributed by atoms with E-state index in [1.165, 1.54) is 0 Å². The van der Waals surface area contributed by atoms with E-state index >= 15 is 0 Å². The minimum atomic E-state index is -0.819. The molecule has 1 fully saturated rings. The molecule has 2 N–H and O–H groups in total. The lowest BCUT2D eigenvalue weighted by Gasteiger charge is -2.34. The van der Waals surface area contributed by atoms with Gasteiger partial charge in [-0.25, -0.2) is 4.98 Å². The highest BCUT2D eigenvalue weighted by atomic mass is 35.5. The highest BCUT2D eigenvalue weighted by Gasteiger charge is 2.22. The van der Waals surface area contributed by atoms with Crippen LogP contribution >= 0.6 is 11.6 Å². The van der Waals surface area contributed by atoms with Crippen LogP contribution in [-0.2, 0) is 4.79 Å². The summed E-state index contributed by atoms with van der Waals surface area (Å²) in [6, 6.07) is 3.66. The molecule has 0 radical (unpaired) electrons. The number of nitrogens with zero attached hydrogens (tertiary/aromatic N) is 2. The van der Waals surface area contributed by atoms with Gasteiger partial charge >= 0.3 is 5.97 Å². The van der Waals surface area contributed by atoms with Gasteiger partial charge in [0, 0.05) is 25.8 Å². The molecule has 6 heteroatoms. The zero-order valence-electron chi connectivity index (χ0n) is 10.7. The molecule has 0 saturated carbocycles. The van der Waals surface area contributed by atoms with Crippen molar-refractivity contribution < 1.29 is 9.90 Å². The molecule has 1 atom stereocenters. The monoisotopic (exact) mass is 283 g/mol. The number of piperidine rings is 1. The lowest BCUT2D eigenvalue weighted by atomic mass is 9.98. The van der Waals surface area contributed by atoms with Gasteiger partial charge in [0.1, 0.15) is 5.82 Å². The number of hydrogen-bond donors (Lipinski definition) is 2. The second-order valence-corrected chi connectivity index (χ2v) is 5.19. The van der Waals surface area contributed by atoms with E-state index in [-0.39, 0.29) is 6.54 Å². The first-order valence-electron chi connectivity index (χ1n) is 6.45. The number of carboxylic acids is 1. The molecule has 19 heavy (non-hydrogen) atoms. The van der Waals surface area contributed by atoms with Crippen molar-refractivity contribution in [3.05, 3.63) is 23.4 Å². The molecule has 1 aliphatic rings. The zero-order chi connectivity index (χ0) is 13.7. The average molecular weight is 284 g/mol. The van der Waals surface area contributed by atoms with Crippen LogP contribution in [-0.4, -0.2) is 42.2 Å². The van der Waals surface area contributed by atoms with E-state index in [0.29, 0.717) is 17.5 Å². The van der Waals surface area contributed by atoms with Crippen molar-refractivity contribution in [3.63, 3.8) is 0 Å². The molecule has 0 aromatic carbocycles. The van der Waals surface area contributed by atoms with Crippen LogP contribution in [0.4, 0.5) is 5.82 Å². The van der Waals surface area contributed by atoms with E-state index in [1.54, 1.807) is 6.20 Å². The third-order valence-electron chi connectivity index (χ3n) is 3.27. The van der Waals surface area contributed by atoms with Crippen molar-refractivity contribution in [2.75, 3.05) is 31.1 Å². The van der Waals surface area contributed by atoms with Gasteiger partial charge in [0.05, 0.1) is 11.6 Å². The zero-order valence-corrected chi connectivity index (χ0v) is 11.4. The van der Waals surface area contributed by atoms with E-state index in [2.05, 4.69) is 15.2 Å². The second kappa shape index (κ2) is 6.73. The molecule has 5 nitrogen and oxygen atoms in total. The molecule has 1 aromatic rings. The fraction of sp³-hybridized carbons (Fsp3) is 0.538. The van der Waals surface area contributed by atoms with Crippen LogP contribution in [0.2, 0.25) is 5.02 Å². The second-order valence-electron chi connectivity index (χ2n) is 4.79. The summed E-state index contributed by atoms with van der Waals surface area (Å²) in [5.41, 5.74) is 0. The first-order valence-corrected chi connectivity index (χ1v) is 6.82. The van der Waals surface area contributed by atoms with Crippen LogP contribution in [0.5, 0.6) is 0 Å². The number of anilines is 1. The maximum Gasteiger partial charge on any atom is 0.317 e. The highest BCUT2D eigenvalue weighted by molar-refractivity contribution is 6.32. The lowest BCUT2D eigenvalue weighted by Crippen LogP contribution is -2.41. The Hall–Kier alpha value is -1.33. The molecule has 0 spiro atoms. The number of carboxylic acid groups (broad SMARTS) is 1. The van der Waals surface area contributed by atoms with Gasteiger partial charge in [-0.2, -0.15) is 0 Å². The van der Waals surface area contributed by atoms with Gasteiger partial charge in [-0.05, 0) is 30.9 Å². The van der Waals surface area contributed by atoms with Crippen LogP contribution in [0.3, 0.4) is 0 Å². The number of aliphatic carboxylic acids is 1. The molecule has 1 aliphatic heterocycles. The third kappa shape index (κ3) is 4.08. The largest absolute Gasteiger partial charge is 0.480 e. The Morgan fingerprint density at radius 1 is 1.63 bits per heavy atom. The van der Waals surface area contributed by atoms with Crippen molar-refractivity contribution in [1.82, 2.24) is 10.3 Å². The van der Waals surface area contributed by atoms with E-state index < -0.39 is 5.97 Å². The van der Waals surface area contributed by atoms with Crippen molar-refractivity contribution >= 4 is 23.4 Å². The molecule has 2 rings (SSSR count). The summed E-state index contributed by atoms with van der Waals surface area (Å²) in [6.07, 6.45) is 3.92. The van der Waals surface area contributed by atoms with Gasteiger partial charge in [0.2, 0.25) is 0 Å². The number of rotatable bonds is 5. The normalized spacial score (nSPS) is 19.4. The molecule has 0 aliphatic carbocycles. The van der Waals surface area contributed by atoms with E-state index in [9.17, 15) is 4.79 Å². The van der Waals surface area contributed by atoms with Gasteiger partial charge in [-0.15, -0.1) is 0 Å². The number of aromatic nitrogens is 1. The van der Waals surface area contributed by atoms with Gasteiger partial charge in [0.25, 0.3) is 0 Å². The summed E-state index contributed by atoms with van der Waals surface area (Å²) in [6.45, 7) is 2.55. The minimum absolute atomic E-state index is 0.0147. The molecule has 0 bridgehead atoms. The molecular formula is C13H18ClN3O2. The Kier molecular flexibility index (Phi) is 4.99. The summed E-state index contributed by atoms with van der Waals surface area (Å²) in [5, 5.41) is 12.2. The number of hydrogen-bond acceptors (Lipinski definition) is 4. The smallest absolute Gasteiger partial charge is 0.317 e. The van der Waals surface area contributed by atoms with Gasteiger partial charge in [-0.1, -0.05) is 11.6 Å². The fourth-order valence-corrected chi connectivity index (χ4v) is 2.66. The van der Waals surface area contributed by atoms with Crippen molar-refractivity contribution in [1.29, 1.82) is 0 Å². The quantitative estimate of drug-likeness (QED) is 0.860. The van der Waals surface area contributed by atoms with E-state index in [4.69, 9.17) is 16.7 Å². The van der Waals surface area contributed by atoms with Crippen molar-refractivity contribution in [2.24, 2.45) is 5.92 Å². The summed E-state index contributed by atoms with van der Waals surface area (Å²) >= 11 is 6.15. The maximum atomic E-state index is 10.5. The topological polar surface area (TPSA) is 65.5 Å². The Balaban J connectivity index is 1.90. The highest BCUT2D eigenvalue weighted by Crippen LogP contribution is 2.27. The van der Waals surface area contributed by atoms with Crippen LogP contribution in [0.15, 0.2) is 18.3 Å². The van der Waals surface area contributed by atoms with Gasteiger partial charge in [0.15, 0.2) is 0 Å². The average Bonchev–Trinajstić information content (AvgIpc) is 2.39. The Bertz CT molecular complexity index is 442. The number of halogens is 1. The van der Waals surface area contributed by atoms with Gasteiger partial charge in [-0.3, -0.25) is 4.79 Å². The van der Waals surface area contributed by atoms with Crippen LogP contribution in [0.1, 0.15) is 12.8 Å². The summed E-state index contributed by atoms with van der Waals surface area (Å²) in [4.78, 5) is 17.0. The Morgan fingerprint density at radius 2 is 2.47 bits per heavy atom. The maximum absolute atomic E-state index is 10.5. The Morgan fingerprint density at radius 3 is 3.21 bits per heavy atom.